The summed E-state index contributed by atoms with van der Waals surface area (Å²) < 4.78 is 28.7. The number of benzene rings is 3. The van der Waals surface area contributed by atoms with E-state index >= 15 is 0 Å². The van der Waals surface area contributed by atoms with Crippen LogP contribution in [0.25, 0.3) is 17.1 Å². The number of rotatable bonds is 4. The molecule has 0 aliphatic carbocycles. The molecule has 0 fully saturated rings. The minimum Gasteiger partial charge on any atom is -0.317 e. The molecule has 1 N–H and O–H groups in total. The van der Waals surface area contributed by atoms with Gasteiger partial charge in [-0.25, -0.2) is 18.4 Å². The number of para-hydroxylation sites is 1. The number of nitrogens with one attached hydrogen (secondary N) is 1. The maximum atomic E-state index is 13.9. The van der Waals surface area contributed by atoms with Crippen LogP contribution >= 0.6 is 0 Å². The lowest BCUT2D eigenvalue weighted by Crippen LogP contribution is -2.15. The Morgan fingerprint density at radius 3 is 2.45 bits per heavy atom. The highest BCUT2D eigenvalue weighted by Crippen LogP contribution is 2.23. The summed E-state index contributed by atoms with van der Waals surface area (Å²) in [6, 6.07) is 19.1. The highest BCUT2D eigenvalue weighted by molar-refractivity contribution is 6.01. The number of carbonyl (C=O) groups is 1. The van der Waals surface area contributed by atoms with Crippen molar-refractivity contribution in [1.82, 2.24) is 14.8 Å². The second-order valence-corrected chi connectivity index (χ2v) is 6.45. The standard InChI is InChI=1S/C22H16F2N4O/c1-14-5-4-6-15(13-14)21-26-20(22(29)25-19-8-3-2-7-18(19)24)27-28(21)17-11-9-16(23)10-12-17/h2-13H,1H3,(H,25,29). The smallest absolute Gasteiger partial charge is 0.295 e. The minimum atomic E-state index is -0.648. The molecule has 1 aromatic heterocycles. The summed E-state index contributed by atoms with van der Waals surface area (Å²) in [6.07, 6.45) is 0. The lowest BCUT2D eigenvalue weighted by atomic mass is 10.1. The molecule has 0 aliphatic heterocycles. The molecule has 0 unspecified atom stereocenters. The van der Waals surface area contributed by atoms with Crippen LogP contribution in [-0.4, -0.2) is 20.7 Å². The Labute approximate surface area is 165 Å². The van der Waals surface area contributed by atoms with Gasteiger partial charge in [0.1, 0.15) is 11.6 Å². The van der Waals surface area contributed by atoms with Gasteiger partial charge in [0, 0.05) is 5.56 Å². The summed E-state index contributed by atoms with van der Waals surface area (Å²) in [6.45, 7) is 1.94. The zero-order chi connectivity index (χ0) is 20.4. The fourth-order valence-corrected chi connectivity index (χ4v) is 2.88. The molecule has 5 nitrogen and oxygen atoms in total. The molecule has 4 aromatic rings. The maximum absolute atomic E-state index is 13.9. The summed E-state index contributed by atoms with van der Waals surface area (Å²) in [5.41, 5.74) is 2.33. The number of anilines is 1. The number of hydrogen-bond donors (Lipinski definition) is 1. The third kappa shape index (κ3) is 3.89. The van der Waals surface area contributed by atoms with Crippen LogP contribution in [0.4, 0.5) is 14.5 Å². The van der Waals surface area contributed by atoms with E-state index in [1.807, 2.05) is 31.2 Å². The fourth-order valence-electron chi connectivity index (χ4n) is 2.88. The number of aryl methyl sites for hydroxylation is 1. The molecule has 3 aromatic carbocycles. The molecule has 1 amide bonds. The van der Waals surface area contributed by atoms with Crippen LogP contribution in [0.15, 0.2) is 72.8 Å². The number of hydrogen-bond acceptors (Lipinski definition) is 3. The Morgan fingerprint density at radius 1 is 0.966 bits per heavy atom. The number of aromatic nitrogens is 3. The van der Waals surface area contributed by atoms with E-state index < -0.39 is 11.7 Å². The number of nitrogens with zero attached hydrogens (tertiary/aromatic N) is 3. The van der Waals surface area contributed by atoms with Crippen LogP contribution in [0.1, 0.15) is 16.2 Å². The minimum absolute atomic E-state index is 0.0349. The summed E-state index contributed by atoms with van der Waals surface area (Å²) in [5.74, 6) is -1.31. The zero-order valence-electron chi connectivity index (χ0n) is 15.4. The number of carbonyl (C=O) groups excluding carboxylic acids is 1. The molecule has 4 rings (SSSR count). The number of halogens is 2. The molecule has 0 saturated carbocycles. The van der Waals surface area contributed by atoms with Crippen molar-refractivity contribution in [3.8, 4) is 17.1 Å². The van der Waals surface area contributed by atoms with Crippen molar-refractivity contribution in [2.24, 2.45) is 0 Å². The SMILES string of the molecule is Cc1cccc(-c2nc(C(=O)Nc3ccccc3F)nn2-c2ccc(F)cc2)c1. The van der Waals surface area contributed by atoms with Crippen molar-refractivity contribution in [3.05, 3.63) is 95.8 Å². The van der Waals surface area contributed by atoms with Gasteiger partial charge in [0.2, 0.25) is 5.82 Å². The second kappa shape index (κ2) is 7.63. The van der Waals surface area contributed by atoms with E-state index in [2.05, 4.69) is 15.4 Å². The first-order chi connectivity index (χ1) is 14.0. The van der Waals surface area contributed by atoms with Crippen molar-refractivity contribution in [3.63, 3.8) is 0 Å². The van der Waals surface area contributed by atoms with E-state index in [1.165, 1.54) is 35.0 Å². The highest BCUT2D eigenvalue weighted by Gasteiger charge is 2.20. The van der Waals surface area contributed by atoms with Gasteiger partial charge in [-0.1, -0.05) is 35.9 Å². The van der Waals surface area contributed by atoms with Crippen molar-refractivity contribution in [2.75, 3.05) is 5.32 Å². The van der Waals surface area contributed by atoms with Gasteiger partial charge < -0.3 is 5.32 Å². The summed E-state index contributed by atoms with van der Waals surface area (Å²) >= 11 is 0. The van der Waals surface area contributed by atoms with Crippen LogP contribution in [0.5, 0.6) is 0 Å². The summed E-state index contributed by atoms with van der Waals surface area (Å²) in [7, 11) is 0. The molecule has 0 radical (unpaired) electrons. The highest BCUT2D eigenvalue weighted by atomic mass is 19.1. The lowest BCUT2D eigenvalue weighted by molar-refractivity contribution is 0.101. The van der Waals surface area contributed by atoms with Gasteiger partial charge in [0.25, 0.3) is 5.91 Å². The van der Waals surface area contributed by atoms with Crippen LogP contribution in [0.2, 0.25) is 0 Å². The van der Waals surface area contributed by atoms with Crippen LogP contribution in [0, 0.1) is 18.6 Å². The summed E-state index contributed by atoms with van der Waals surface area (Å²) in [4.78, 5) is 17.0. The van der Waals surface area contributed by atoms with Gasteiger partial charge in [-0.05, 0) is 49.4 Å². The molecule has 0 atom stereocenters. The van der Waals surface area contributed by atoms with E-state index in [9.17, 15) is 13.6 Å². The molecule has 0 bridgehead atoms. The molecule has 144 valence electrons. The molecule has 0 aliphatic rings. The van der Waals surface area contributed by atoms with Crippen molar-refractivity contribution in [2.45, 2.75) is 6.92 Å². The first-order valence-corrected chi connectivity index (χ1v) is 8.87. The van der Waals surface area contributed by atoms with Gasteiger partial charge in [0.15, 0.2) is 5.82 Å². The Balaban J connectivity index is 1.78. The van der Waals surface area contributed by atoms with E-state index in [1.54, 1.807) is 18.2 Å². The van der Waals surface area contributed by atoms with E-state index in [0.717, 1.165) is 11.1 Å². The predicted octanol–water partition coefficient (Wildman–Crippen LogP) is 4.77. The Morgan fingerprint density at radius 2 is 1.72 bits per heavy atom. The Hall–Kier alpha value is -3.87. The van der Waals surface area contributed by atoms with Gasteiger partial charge in [-0.15, -0.1) is 5.10 Å². The van der Waals surface area contributed by atoms with Gasteiger partial charge >= 0.3 is 0 Å². The Kier molecular flexibility index (Phi) is 4.87. The van der Waals surface area contributed by atoms with E-state index in [-0.39, 0.29) is 17.3 Å². The van der Waals surface area contributed by atoms with E-state index in [0.29, 0.717) is 11.5 Å². The van der Waals surface area contributed by atoms with Gasteiger partial charge in [-0.2, -0.15) is 0 Å². The quantitative estimate of drug-likeness (QED) is 0.546. The largest absolute Gasteiger partial charge is 0.317 e. The summed E-state index contributed by atoms with van der Waals surface area (Å²) in [5, 5.41) is 6.77. The third-order valence-electron chi connectivity index (χ3n) is 4.28. The third-order valence-corrected chi connectivity index (χ3v) is 4.28. The van der Waals surface area contributed by atoms with Crippen molar-refractivity contribution >= 4 is 11.6 Å². The van der Waals surface area contributed by atoms with Crippen LogP contribution in [-0.2, 0) is 0 Å². The Bertz CT molecular complexity index is 1190. The van der Waals surface area contributed by atoms with Gasteiger partial charge in [-0.3, -0.25) is 4.79 Å². The topological polar surface area (TPSA) is 59.8 Å². The van der Waals surface area contributed by atoms with E-state index in [4.69, 9.17) is 0 Å². The monoisotopic (exact) mass is 390 g/mol. The first-order valence-electron chi connectivity index (χ1n) is 8.87. The van der Waals surface area contributed by atoms with Crippen LogP contribution in [0.3, 0.4) is 0 Å². The lowest BCUT2D eigenvalue weighted by Gasteiger charge is -2.06. The number of amides is 1. The van der Waals surface area contributed by atoms with Crippen molar-refractivity contribution < 1.29 is 13.6 Å². The molecule has 29 heavy (non-hydrogen) atoms. The molecule has 7 heteroatoms. The zero-order valence-corrected chi connectivity index (χ0v) is 15.4. The van der Waals surface area contributed by atoms with Crippen LogP contribution < -0.4 is 5.32 Å². The molecular weight excluding hydrogens is 374 g/mol. The average molecular weight is 390 g/mol. The predicted molar refractivity (Wildman–Crippen MR) is 106 cm³/mol. The molecular formula is C22H16F2N4O. The average Bonchev–Trinajstić information content (AvgIpc) is 3.16. The maximum Gasteiger partial charge on any atom is 0.295 e. The normalized spacial score (nSPS) is 10.7. The second-order valence-electron chi connectivity index (χ2n) is 6.45. The first kappa shape index (κ1) is 18.5. The molecule has 0 spiro atoms. The fraction of sp³-hybridized carbons (Fsp3) is 0.0455. The molecule has 1 heterocycles. The molecule has 0 saturated heterocycles. The van der Waals surface area contributed by atoms with Gasteiger partial charge in [0.05, 0.1) is 11.4 Å². The van der Waals surface area contributed by atoms with Crippen molar-refractivity contribution in [1.29, 1.82) is 0 Å².